The first kappa shape index (κ1) is 28.5. The number of para-hydroxylation sites is 1. The number of carbonyl (C=O) groups is 2. The topological polar surface area (TPSA) is 98.8 Å². The average molecular weight is 599 g/mol. The minimum Gasteiger partial charge on any atom is -0.325 e. The van der Waals surface area contributed by atoms with Gasteiger partial charge in [0, 0.05) is 36.0 Å². The molecular formula is C29H28F2N4O4S2. The molecule has 1 unspecified atom stereocenters. The fraction of sp³-hybridized carbons (Fsp3) is 0.241. The largest absolute Gasteiger partial charge is 0.330 e. The van der Waals surface area contributed by atoms with Gasteiger partial charge in [-0.25, -0.2) is 18.3 Å². The molecule has 0 fully saturated rings. The number of hydrogen-bond acceptors (Lipinski definition) is 5. The quantitative estimate of drug-likeness (QED) is 0.308. The van der Waals surface area contributed by atoms with Gasteiger partial charge in [0.15, 0.2) is 0 Å². The van der Waals surface area contributed by atoms with Gasteiger partial charge in [-0.2, -0.15) is 8.42 Å². The van der Waals surface area contributed by atoms with Crippen molar-refractivity contribution >= 4 is 54.9 Å². The van der Waals surface area contributed by atoms with E-state index >= 15 is 0 Å². The van der Waals surface area contributed by atoms with E-state index in [0.29, 0.717) is 30.3 Å². The molecule has 4 aromatic rings. The maximum Gasteiger partial charge on any atom is 0.330 e. The predicted octanol–water partition coefficient (Wildman–Crippen LogP) is 5.14. The molecule has 2 N–H and O–H groups in total. The van der Waals surface area contributed by atoms with E-state index in [-0.39, 0.29) is 12.0 Å². The Balaban J connectivity index is 1.40. The number of urea groups is 1. The maximum atomic E-state index is 14.0. The van der Waals surface area contributed by atoms with Crippen molar-refractivity contribution in [3.63, 3.8) is 0 Å². The highest BCUT2D eigenvalue weighted by Crippen LogP contribution is 2.32. The Morgan fingerprint density at radius 3 is 2.56 bits per heavy atom. The summed E-state index contributed by atoms with van der Waals surface area (Å²) in [5, 5.41) is 5.27. The lowest BCUT2D eigenvalue weighted by Crippen LogP contribution is -2.56. The summed E-state index contributed by atoms with van der Waals surface area (Å²) in [6, 6.07) is 14.3. The van der Waals surface area contributed by atoms with Gasteiger partial charge in [-0.3, -0.25) is 9.10 Å². The monoisotopic (exact) mass is 598 g/mol. The van der Waals surface area contributed by atoms with Crippen molar-refractivity contribution in [2.24, 2.45) is 0 Å². The summed E-state index contributed by atoms with van der Waals surface area (Å²) in [6.07, 6.45) is 0.972. The molecule has 2 heterocycles. The number of thiophene rings is 1. The van der Waals surface area contributed by atoms with E-state index in [4.69, 9.17) is 0 Å². The van der Waals surface area contributed by atoms with Gasteiger partial charge in [0.2, 0.25) is 5.91 Å². The molecule has 1 aromatic heterocycles. The zero-order valence-corrected chi connectivity index (χ0v) is 23.9. The van der Waals surface area contributed by atoms with Crippen LogP contribution in [0.1, 0.15) is 24.5 Å². The molecule has 2 atom stereocenters. The predicted molar refractivity (Wildman–Crippen MR) is 156 cm³/mol. The van der Waals surface area contributed by atoms with E-state index in [1.807, 2.05) is 40.4 Å². The maximum absolute atomic E-state index is 14.0. The molecular weight excluding hydrogens is 570 g/mol. The molecule has 214 valence electrons. The number of halogens is 2. The van der Waals surface area contributed by atoms with E-state index in [9.17, 15) is 26.8 Å². The number of aryl methyl sites for hydroxylation is 1. The molecule has 0 spiro atoms. The fourth-order valence-electron chi connectivity index (χ4n) is 5.06. The lowest BCUT2D eigenvalue weighted by atomic mass is 9.99. The lowest BCUT2D eigenvalue weighted by molar-refractivity contribution is -0.120. The number of nitrogens with one attached hydrogen (secondary N) is 2. The van der Waals surface area contributed by atoms with Gasteiger partial charge in [0.05, 0.1) is 5.69 Å². The van der Waals surface area contributed by atoms with Crippen LogP contribution in [0, 0.1) is 11.6 Å². The number of fused-ring (bicyclic) bond motifs is 2. The van der Waals surface area contributed by atoms with E-state index < -0.39 is 45.9 Å². The van der Waals surface area contributed by atoms with E-state index in [0.717, 1.165) is 32.1 Å². The molecule has 0 bridgehead atoms. The number of rotatable bonds is 7. The second-order valence-corrected chi connectivity index (χ2v) is 12.5. The third kappa shape index (κ3) is 6.18. The smallest absolute Gasteiger partial charge is 0.325 e. The first-order valence-corrected chi connectivity index (χ1v) is 15.2. The SMILES string of the molecule is CC1CCc2ccccc2N1S(=O)(=O)NC(=O)N[C@@H](Cc1cc(F)cc(F)c1)C(=O)N(C)c1ccc2sccc2c1. The summed E-state index contributed by atoms with van der Waals surface area (Å²) in [5.74, 6) is -2.28. The van der Waals surface area contributed by atoms with Gasteiger partial charge in [-0.05, 0) is 84.1 Å². The van der Waals surface area contributed by atoms with E-state index in [2.05, 4.69) is 5.32 Å². The second-order valence-electron chi connectivity index (χ2n) is 9.97. The number of hydrogen-bond donors (Lipinski definition) is 2. The Morgan fingerprint density at radius 2 is 1.80 bits per heavy atom. The van der Waals surface area contributed by atoms with Gasteiger partial charge in [0.1, 0.15) is 17.7 Å². The minimum absolute atomic E-state index is 0.115. The first-order valence-electron chi connectivity index (χ1n) is 12.9. The van der Waals surface area contributed by atoms with Crippen molar-refractivity contribution in [1.29, 1.82) is 0 Å². The minimum atomic E-state index is -4.37. The van der Waals surface area contributed by atoms with Crippen LogP contribution in [-0.2, 0) is 27.8 Å². The summed E-state index contributed by atoms with van der Waals surface area (Å²) in [6.45, 7) is 1.75. The first-order chi connectivity index (χ1) is 19.5. The summed E-state index contributed by atoms with van der Waals surface area (Å²) >= 11 is 1.55. The van der Waals surface area contributed by atoms with Crippen LogP contribution < -0.4 is 19.2 Å². The Hall–Kier alpha value is -4.03. The molecule has 3 amide bonds. The van der Waals surface area contributed by atoms with Crippen LogP contribution in [-0.4, -0.2) is 39.5 Å². The van der Waals surface area contributed by atoms with Crippen LogP contribution >= 0.6 is 11.3 Å². The van der Waals surface area contributed by atoms with Crippen LogP contribution in [0.5, 0.6) is 0 Å². The molecule has 0 saturated heterocycles. The van der Waals surface area contributed by atoms with Gasteiger partial charge < -0.3 is 10.2 Å². The molecule has 12 heteroatoms. The highest BCUT2D eigenvalue weighted by molar-refractivity contribution is 7.91. The van der Waals surface area contributed by atoms with Gasteiger partial charge in [-0.1, -0.05) is 18.2 Å². The van der Waals surface area contributed by atoms with Crippen LogP contribution in [0.15, 0.2) is 72.1 Å². The van der Waals surface area contributed by atoms with E-state index in [1.165, 1.54) is 11.9 Å². The van der Waals surface area contributed by atoms with Crippen molar-refractivity contribution in [1.82, 2.24) is 10.0 Å². The number of likely N-dealkylation sites (N-methyl/N-ethyl adjacent to an activating group) is 1. The summed E-state index contributed by atoms with van der Waals surface area (Å²) in [5.41, 5.74) is 1.95. The molecule has 3 aromatic carbocycles. The Morgan fingerprint density at radius 1 is 1.07 bits per heavy atom. The normalized spacial score (nSPS) is 15.7. The molecule has 1 aliphatic rings. The van der Waals surface area contributed by atoms with Gasteiger partial charge in [-0.15, -0.1) is 11.3 Å². The molecule has 0 radical (unpaired) electrons. The van der Waals surface area contributed by atoms with Crippen LogP contribution in [0.3, 0.4) is 0 Å². The summed E-state index contributed by atoms with van der Waals surface area (Å²) in [7, 11) is -2.85. The number of nitrogens with zero attached hydrogens (tertiary/aromatic N) is 2. The standard InChI is InChI=1S/C29H28F2N4O4S2/c1-18-7-8-20-5-3-4-6-26(20)35(18)41(38,39)33-29(37)32-25(15-19-13-22(30)17-23(31)14-19)28(36)34(2)24-9-10-27-21(16-24)11-12-40-27/h3-6,9-14,16-18,25H,7-8,15H2,1-2H3,(H2,32,33,37)/t18?,25-/m0/s1. The summed E-state index contributed by atoms with van der Waals surface area (Å²) in [4.78, 5) is 28.1. The molecule has 41 heavy (non-hydrogen) atoms. The highest BCUT2D eigenvalue weighted by Gasteiger charge is 2.35. The third-order valence-electron chi connectivity index (χ3n) is 7.06. The number of benzene rings is 3. The van der Waals surface area contributed by atoms with E-state index in [1.54, 1.807) is 36.5 Å². The Kier molecular flexibility index (Phi) is 7.96. The molecule has 0 saturated carbocycles. The molecule has 5 rings (SSSR count). The molecule has 8 nitrogen and oxygen atoms in total. The zero-order valence-electron chi connectivity index (χ0n) is 22.3. The number of anilines is 2. The lowest BCUT2D eigenvalue weighted by Gasteiger charge is -2.35. The third-order valence-corrected chi connectivity index (χ3v) is 9.48. The van der Waals surface area contributed by atoms with Gasteiger partial charge in [0.25, 0.3) is 0 Å². The van der Waals surface area contributed by atoms with Crippen molar-refractivity contribution in [2.45, 2.75) is 38.3 Å². The summed E-state index contributed by atoms with van der Waals surface area (Å²) < 4.78 is 58.9. The van der Waals surface area contributed by atoms with Gasteiger partial charge >= 0.3 is 16.2 Å². The fourth-order valence-corrected chi connectivity index (χ4v) is 7.24. The van der Waals surface area contributed by atoms with Crippen molar-refractivity contribution in [3.8, 4) is 0 Å². The van der Waals surface area contributed by atoms with Crippen LogP contribution in [0.2, 0.25) is 0 Å². The van der Waals surface area contributed by atoms with Crippen molar-refractivity contribution in [3.05, 3.63) is 94.9 Å². The van der Waals surface area contributed by atoms with Crippen molar-refractivity contribution < 1.29 is 26.8 Å². The van der Waals surface area contributed by atoms with Crippen molar-refractivity contribution in [2.75, 3.05) is 16.3 Å². The molecule has 0 aliphatic carbocycles. The molecule has 1 aliphatic heterocycles. The average Bonchev–Trinajstić information content (AvgIpc) is 3.39. The van der Waals surface area contributed by atoms with Crippen LogP contribution in [0.4, 0.5) is 25.0 Å². The van der Waals surface area contributed by atoms with Crippen LogP contribution in [0.25, 0.3) is 10.1 Å². The highest BCUT2D eigenvalue weighted by atomic mass is 32.2. The zero-order chi connectivity index (χ0) is 29.3. The second kappa shape index (κ2) is 11.5. The number of carbonyl (C=O) groups excluding carboxylic acids is 2. The number of amides is 3. The Bertz CT molecular complexity index is 1710. The Labute approximate surface area is 240 Å².